The maximum atomic E-state index is 9.13. The van der Waals surface area contributed by atoms with Crippen molar-refractivity contribution in [1.82, 2.24) is 14.5 Å². The summed E-state index contributed by atoms with van der Waals surface area (Å²) in [7, 11) is 0. The zero-order valence-corrected chi connectivity index (χ0v) is 13.4. The first-order valence-corrected chi connectivity index (χ1v) is 7.92. The van der Waals surface area contributed by atoms with Crippen molar-refractivity contribution in [2.24, 2.45) is 0 Å². The number of rotatable bonds is 3. The van der Waals surface area contributed by atoms with Crippen molar-refractivity contribution in [3.8, 4) is 11.9 Å². The molecule has 0 bridgehead atoms. The van der Waals surface area contributed by atoms with E-state index >= 15 is 0 Å². The molecule has 0 aliphatic rings. The molecule has 0 atom stereocenters. The van der Waals surface area contributed by atoms with Crippen molar-refractivity contribution < 1.29 is 0 Å². The summed E-state index contributed by atoms with van der Waals surface area (Å²) in [6.45, 7) is 0. The Morgan fingerprint density at radius 2 is 1.76 bits per heavy atom. The average Bonchev–Trinajstić information content (AvgIpc) is 3.05. The van der Waals surface area contributed by atoms with Crippen LogP contribution in [0.2, 0.25) is 0 Å². The van der Waals surface area contributed by atoms with Gasteiger partial charge < -0.3 is 0 Å². The maximum absolute atomic E-state index is 9.13. The van der Waals surface area contributed by atoms with Crippen LogP contribution in [0, 0.1) is 11.3 Å². The first-order chi connectivity index (χ1) is 12.3. The standard InChI is InChI=1S/C21H14N4/c22-15-17-9-11-19-18(14-17)24-21(12-10-16-6-2-1-3-7-16)25(19)20-8-4-5-13-23-20/h1-14H/b12-10+. The molecule has 0 fully saturated rings. The van der Waals surface area contributed by atoms with Crippen LogP contribution in [0.5, 0.6) is 0 Å². The largest absolute Gasteiger partial charge is 0.277 e. The van der Waals surface area contributed by atoms with E-state index in [0.717, 1.165) is 28.2 Å². The van der Waals surface area contributed by atoms with Crippen molar-refractivity contribution in [2.75, 3.05) is 0 Å². The first-order valence-electron chi connectivity index (χ1n) is 7.92. The molecule has 25 heavy (non-hydrogen) atoms. The van der Waals surface area contributed by atoms with Gasteiger partial charge in [-0.2, -0.15) is 5.26 Å². The molecule has 0 aliphatic heterocycles. The Morgan fingerprint density at radius 3 is 2.52 bits per heavy atom. The molecule has 4 heteroatoms. The lowest BCUT2D eigenvalue weighted by atomic mass is 10.2. The summed E-state index contributed by atoms with van der Waals surface area (Å²) in [6.07, 6.45) is 5.75. The second kappa shape index (κ2) is 6.42. The monoisotopic (exact) mass is 322 g/mol. The maximum Gasteiger partial charge on any atom is 0.139 e. The van der Waals surface area contributed by atoms with Crippen LogP contribution in [0.25, 0.3) is 29.0 Å². The van der Waals surface area contributed by atoms with Gasteiger partial charge in [-0.25, -0.2) is 9.97 Å². The molecule has 0 N–H and O–H groups in total. The highest BCUT2D eigenvalue weighted by atomic mass is 15.1. The van der Waals surface area contributed by atoms with Gasteiger partial charge in [0.05, 0.1) is 22.7 Å². The fourth-order valence-electron chi connectivity index (χ4n) is 2.74. The van der Waals surface area contributed by atoms with Gasteiger partial charge >= 0.3 is 0 Å². The molecule has 4 rings (SSSR count). The Morgan fingerprint density at radius 1 is 0.920 bits per heavy atom. The van der Waals surface area contributed by atoms with Gasteiger partial charge in [-0.3, -0.25) is 4.57 Å². The molecule has 2 heterocycles. The van der Waals surface area contributed by atoms with Gasteiger partial charge in [-0.1, -0.05) is 42.5 Å². The zero-order chi connectivity index (χ0) is 17.1. The molecule has 0 saturated carbocycles. The SMILES string of the molecule is N#Cc1ccc2c(c1)nc(/C=C/c1ccccc1)n2-c1ccccn1. The number of fused-ring (bicyclic) bond motifs is 1. The van der Waals surface area contributed by atoms with Crippen LogP contribution in [-0.4, -0.2) is 14.5 Å². The molecular weight excluding hydrogens is 308 g/mol. The second-order valence-electron chi connectivity index (χ2n) is 5.55. The first kappa shape index (κ1) is 14.9. The number of aromatic nitrogens is 3. The molecule has 0 aliphatic carbocycles. The van der Waals surface area contributed by atoms with E-state index in [1.807, 2.05) is 71.3 Å². The highest BCUT2D eigenvalue weighted by Crippen LogP contribution is 2.23. The van der Waals surface area contributed by atoms with Crippen molar-refractivity contribution in [1.29, 1.82) is 5.26 Å². The van der Waals surface area contributed by atoms with Gasteiger partial charge in [0.15, 0.2) is 0 Å². The summed E-state index contributed by atoms with van der Waals surface area (Å²) in [5.74, 6) is 1.56. The van der Waals surface area contributed by atoms with Crippen molar-refractivity contribution in [2.45, 2.75) is 0 Å². The quantitative estimate of drug-likeness (QED) is 0.559. The number of pyridine rings is 1. The average molecular weight is 322 g/mol. The number of hydrogen-bond donors (Lipinski definition) is 0. The minimum Gasteiger partial charge on any atom is -0.277 e. The topological polar surface area (TPSA) is 54.5 Å². The molecule has 0 saturated heterocycles. The van der Waals surface area contributed by atoms with E-state index in [9.17, 15) is 0 Å². The van der Waals surface area contributed by atoms with Gasteiger partial charge in [0, 0.05) is 6.20 Å². The van der Waals surface area contributed by atoms with Crippen LogP contribution in [0.1, 0.15) is 17.0 Å². The van der Waals surface area contributed by atoms with Gasteiger partial charge in [0.2, 0.25) is 0 Å². The molecule has 2 aromatic carbocycles. The van der Waals surface area contributed by atoms with Gasteiger partial charge in [0.1, 0.15) is 11.6 Å². The minimum absolute atomic E-state index is 0.594. The molecule has 0 unspecified atom stereocenters. The Bertz CT molecular complexity index is 1090. The molecule has 0 spiro atoms. The molecule has 0 amide bonds. The third-order valence-corrected chi connectivity index (χ3v) is 3.91. The Hall–Kier alpha value is -3.71. The predicted molar refractivity (Wildman–Crippen MR) is 99.0 cm³/mol. The van der Waals surface area contributed by atoms with Crippen LogP contribution in [0.15, 0.2) is 72.9 Å². The van der Waals surface area contributed by atoms with E-state index in [1.54, 1.807) is 18.3 Å². The van der Waals surface area contributed by atoms with E-state index in [4.69, 9.17) is 10.2 Å². The normalized spacial score (nSPS) is 11.0. The summed E-state index contributed by atoms with van der Waals surface area (Å²) < 4.78 is 2.00. The van der Waals surface area contributed by atoms with Crippen LogP contribution >= 0.6 is 0 Å². The van der Waals surface area contributed by atoms with E-state index in [1.165, 1.54) is 0 Å². The fraction of sp³-hybridized carbons (Fsp3) is 0. The Kier molecular flexibility index (Phi) is 3.82. The second-order valence-corrected chi connectivity index (χ2v) is 5.55. The summed E-state index contributed by atoms with van der Waals surface area (Å²) in [6, 6.07) is 23.5. The summed E-state index contributed by atoms with van der Waals surface area (Å²) in [4.78, 5) is 9.15. The summed E-state index contributed by atoms with van der Waals surface area (Å²) in [5, 5.41) is 9.13. The third-order valence-electron chi connectivity index (χ3n) is 3.91. The highest BCUT2D eigenvalue weighted by molar-refractivity contribution is 5.83. The molecule has 2 aromatic heterocycles. The predicted octanol–water partition coefficient (Wildman–Crippen LogP) is 4.46. The van der Waals surface area contributed by atoms with E-state index < -0.39 is 0 Å². The highest BCUT2D eigenvalue weighted by Gasteiger charge is 2.11. The lowest BCUT2D eigenvalue weighted by molar-refractivity contribution is 1.01. The molecular formula is C21H14N4. The van der Waals surface area contributed by atoms with Gasteiger partial charge in [-0.05, 0) is 42.0 Å². The summed E-state index contributed by atoms with van der Waals surface area (Å²) in [5.41, 5.74) is 3.39. The van der Waals surface area contributed by atoms with Crippen molar-refractivity contribution in [3.05, 3.63) is 89.9 Å². The molecule has 0 radical (unpaired) electrons. The van der Waals surface area contributed by atoms with Crippen LogP contribution < -0.4 is 0 Å². The smallest absolute Gasteiger partial charge is 0.139 e. The summed E-state index contributed by atoms with van der Waals surface area (Å²) >= 11 is 0. The lowest BCUT2D eigenvalue weighted by Gasteiger charge is -2.05. The van der Waals surface area contributed by atoms with Crippen molar-refractivity contribution >= 4 is 23.2 Å². The number of imidazole rings is 1. The molecule has 4 aromatic rings. The fourth-order valence-corrected chi connectivity index (χ4v) is 2.74. The van der Waals surface area contributed by atoms with Crippen molar-refractivity contribution in [3.63, 3.8) is 0 Å². The van der Waals surface area contributed by atoms with Gasteiger partial charge in [-0.15, -0.1) is 0 Å². The number of nitriles is 1. The van der Waals surface area contributed by atoms with Crippen LogP contribution in [0.4, 0.5) is 0 Å². The van der Waals surface area contributed by atoms with E-state index in [-0.39, 0.29) is 0 Å². The van der Waals surface area contributed by atoms with E-state index in [0.29, 0.717) is 5.56 Å². The van der Waals surface area contributed by atoms with Gasteiger partial charge in [0.25, 0.3) is 0 Å². The number of benzene rings is 2. The number of hydrogen-bond acceptors (Lipinski definition) is 3. The van der Waals surface area contributed by atoms with E-state index in [2.05, 4.69) is 11.1 Å². The third kappa shape index (κ3) is 2.91. The lowest BCUT2D eigenvalue weighted by Crippen LogP contribution is -1.99. The molecule has 118 valence electrons. The zero-order valence-electron chi connectivity index (χ0n) is 13.4. The van der Waals surface area contributed by atoms with Crippen LogP contribution in [-0.2, 0) is 0 Å². The minimum atomic E-state index is 0.594. The number of nitrogens with zero attached hydrogens (tertiary/aromatic N) is 4. The van der Waals surface area contributed by atoms with Crippen LogP contribution in [0.3, 0.4) is 0 Å². The Labute approximate surface area is 145 Å². The Balaban J connectivity index is 1.90. The molecule has 4 nitrogen and oxygen atoms in total.